The Bertz CT molecular complexity index is 846. The monoisotopic (exact) mass is 386 g/mol. The summed E-state index contributed by atoms with van der Waals surface area (Å²) in [4.78, 5) is 15.7. The summed E-state index contributed by atoms with van der Waals surface area (Å²) in [6.07, 6.45) is 3.34. The smallest absolute Gasteiger partial charge is 0.233 e. The SMILES string of the molecule is Cn1c(C2CCN(C(=O)C3(c4ccccc4)CCOCC3)CC2)n[nH]c1=S. The number of aromatic nitrogens is 3. The van der Waals surface area contributed by atoms with Gasteiger partial charge in [0.2, 0.25) is 5.91 Å². The largest absolute Gasteiger partial charge is 0.381 e. The van der Waals surface area contributed by atoms with E-state index in [4.69, 9.17) is 17.0 Å². The number of benzene rings is 1. The van der Waals surface area contributed by atoms with Crippen molar-refractivity contribution in [3.8, 4) is 0 Å². The zero-order valence-electron chi connectivity index (χ0n) is 15.7. The molecule has 6 nitrogen and oxygen atoms in total. The van der Waals surface area contributed by atoms with Crippen molar-refractivity contribution in [3.63, 3.8) is 0 Å². The topological polar surface area (TPSA) is 63.1 Å². The summed E-state index contributed by atoms with van der Waals surface area (Å²) in [6, 6.07) is 10.2. The molecule has 2 fully saturated rings. The second kappa shape index (κ2) is 7.56. The molecule has 1 aromatic heterocycles. The number of hydrogen-bond donors (Lipinski definition) is 1. The number of carbonyl (C=O) groups excluding carboxylic acids is 1. The molecule has 2 aliphatic heterocycles. The Morgan fingerprint density at radius 2 is 1.89 bits per heavy atom. The van der Waals surface area contributed by atoms with Crippen molar-refractivity contribution in [1.29, 1.82) is 0 Å². The summed E-state index contributed by atoms with van der Waals surface area (Å²) in [5.41, 5.74) is 0.673. The first-order valence-corrected chi connectivity index (χ1v) is 10.1. The lowest BCUT2D eigenvalue weighted by molar-refractivity contribution is -0.142. The molecule has 0 saturated carbocycles. The van der Waals surface area contributed by atoms with Gasteiger partial charge in [-0.15, -0.1) is 0 Å². The molecule has 0 bridgehead atoms. The quantitative estimate of drug-likeness (QED) is 0.824. The van der Waals surface area contributed by atoms with Gasteiger partial charge in [0, 0.05) is 39.3 Å². The molecule has 0 radical (unpaired) electrons. The molecule has 0 spiro atoms. The van der Waals surface area contributed by atoms with Gasteiger partial charge in [0.25, 0.3) is 0 Å². The fourth-order valence-electron chi connectivity index (χ4n) is 4.47. The Labute approximate surface area is 164 Å². The fraction of sp³-hybridized carbons (Fsp3) is 0.550. The molecular weight excluding hydrogens is 360 g/mol. The molecule has 7 heteroatoms. The van der Waals surface area contributed by atoms with Crippen molar-refractivity contribution in [2.45, 2.75) is 37.0 Å². The molecule has 1 aromatic carbocycles. The van der Waals surface area contributed by atoms with Gasteiger partial charge in [0.05, 0.1) is 5.41 Å². The van der Waals surface area contributed by atoms with E-state index in [9.17, 15) is 4.79 Å². The van der Waals surface area contributed by atoms with E-state index in [1.54, 1.807) is 0 Å². The van der Waals surface area contributed by atoms with Crippen LogP contribution in [0.3, 0.4) is 0 Å². The number of rotatable bonds is 3. The highest BCUT2D eigenvalue weighted by molar-refractivity contribution is 7.71. The van der Waals surface area contributed by atoms with Crippen molar-refractivity contribution in [2.75, 3.05) is 26.3 Å². The van der Waals surface area contributed by atoms with Gasteiger partial charge in [0.15, 0.2) is 4.77 Å². The predicted molar refractivity (Wildman–Crippen MR) is 105 cm³/mol. The Kier molecular flexibility index (Phi) is 5.14. The van der Waals surface area contributed by atoms with Gasteiger partial charge in [-0.2, -0.15) is 5.10 Å². The van der Waals surface area contributed by atoms with Gasteiger partial charge in [-0.05, 0) is 43.5 Å². The number of H-pyrrole nitrogens is 1. The number of likely N-dealkylation sites (tertiary alicyclic amines) is 1. The average Bonchev–Trinajstić information content (AvgIpc) is 3.07. The number of nitrogens with zero attached hydrogens (tertiary/aromatic N) is 3. The van der Waals surface area contributed by atoms with Crippen LogP contribution in [0.15, 0.2) is 30.3 Å². The van der Waals surface area contributed by atoms with Crippen LogP contribution in [0.25, 0.3) is 0 Å². The van der Waals surface area contributed by atoms with Crippen molar-refractivity contribution < 1.29 is 9.53 Å². The Morgan fingerprint density at radius 3 is 2.48 bits per heavy atom. The molecule has 0 aliphatic carbocycles. The number of hydrogen-bond acceptors (Lipinski definition) is 4. The van der Waals surface area contributed by atoms with E-state index in [1.807, 2.05) is 29.8 Å². The lowest BCUT2D eigenvalue weighted by Gasteiger charge is -2.42. The molecule has 2 saturated heterocycles. The van der Waals surface area contributed by atoms with Crippen LogP contribution in [0.2, 0.25) is 0 Å². The van der Waals surface area contributed by atoms with E-state index in [1.165, 1.54) is 0 Å². The standard InChI is InChI=1S/C20H26N4O2S/c1-23-17(21-22-19(23)27)15-7-11-24(12-8-15)18(25)20(9-13-26-14-10-20)16-5-3-2-4-6-16/h2-6,15H,7-14H2,1H3,(H,22,27). The molecule has 4 rings (SSSR count). The summed E-state index contributed by atoms with van der Waals surface area (Å²) in [5, 5.41) is 7.25. The molecule has 1 N–H and O–H groups in total. The van der Waals surface area contributed by atoms with Crippen LogP contribution in [-0.2, 0) is 22.0 Å². The maximum atomic E-state index is 13.6. The van der Waals surface area contributed by atoms with E-state index < -0.39 is 5.41 Å². The van der Waals surface area contributed by atoms with Crippen LogP contribution in [0.1, 0.15) is 43.0 Å². The van der Waals surface area contributed by atoms with Gasteiger partial charge >= 0.3 is 0 Å². The van der Waals surface area contributed by atoms with Crippen LogP contribution in [0, 0.1) is 4.77 Å². The number of piperidine rings is 1. The Hall–Kier alpha value is -1.99. The first-order valence-electron chi connectivity index (χ1n) is 9.66. The van der Waals surface area contributed by atoms with Gasteiger partial charge in [-0.25, -0.2) is 0 Å². The minimum atomic E-state index is -0.447. The molecule has 27 heavy (non-hydrogen) atoms. The van der Waals surface area contributed by atoms with E-state index in [2.05, 4.69) is 27.2 Å². The minimum Gasteiger partial charge on any atom is -0.381 e. The maximum Gasteiger partial charge on any atom is 0.233 e. The van der Waals surface area contributed by atoms with Gasteiger partial charge < -0.3 is 14.2 Å². The number of carbonyl (C=O) groups is 1. The first kappa shape index (κ1) is 18.4. The van der Waals surface area contributed by atoms with Gasteiger partial charge in [0.1, 0.15) is 5.82 Å². The van der Waals surface area contributed by atoms with Gasteiger partial charge in [-0.3, -0.25) is 9.89 Å². The summed E-state index contributed by atoms with van der Waals surface area (Å²) in [6.45, 7) is 2.81. The van der Waals surface area contributed by atoms with Crippen LogP contribution in [-0.4, -0.2) is 51.9 Å². The zero-order valence-corrected chi connectivity index (χ0v) is 16.5. The maximum absolute atomic E-state index is 13.6. The molecular formula is C20H26N4O2S. The molecule has 2 aromatic rings. The van der Waals surface area contributed by atoms with Crippen LogP contribution < -0.4 is 0 Å². The van der Waals surface area contributed by atoms with Crippen molar-refractivity contribution in [1.82, 2.24) is 19.7 Å². The van der Waals surface area contributed by atoms with E-state index in [0.29, 0.717) is 23.9 Å². The minimum absolute atomic E-state index is 0.255. The summed E-state index contributed by atoms with van der Waals surface area (Å²) < 4.78 is 8.17. The lowest BCUT2D eigenvalue weighted by Crippen LogP contribution is -2.52. The third-order valence-electron chi connectivity index (χ3n) is 6.14. The number of ether oxygens (including phenoxy) is 1. The van der Waals surface area contributed by atoms with E-state index in [-0.39, 0.29) is 5.91 Å². The molecule has 1 amide bonds. The zero-order chi connectivity index (χ0) is 18.9. The predicted octanol–water partition coefficient (Wildman–Crippen LogP) is 2.93. The lowest BCUT2D eigenvalue weighted by atomic mass is 9.72. The first-order chi connectivity index (χ1) is 13.1. The van der Waals surface area contributed by atoms with Crippen molar-refractivity contribution in [3.05, 3.63) is 46.5 Å². The highest BCUT2D eigenvalue weighted by Crippen LogP contribution is 2.38. The average molecular weight is 387 g/mol. The molecule has 144 valence electrons. The number of aromatic amines is 1. The van der Waals surface area contributed by atoms with Crippen LogP contribution >= 0.6 is 12.2 Å². The second-order valence-electron chi connectivity index (χ2n) is 7.57. The summed E-state index contributed by atoms with van der Waals surface area (Å²) >= 11 is 5.23. The highest BCUT2D eigenvalue weighted by atomic mass is 32.1. The van der Waals surface area contributed by atoms with E-state index in [0.717, 1.165) is 50.2 Å². The third kappa shape index (κ3) is 3.34. The summed E-state index contributed by atoms with van der Waals surface area (Å²) in [7, 11) is 1.95. The van der Waals surface area contributed by atoms with Crippen LogP contribution in [0.5, 0.6) is 0 Å². The van der Waals surface area contributed by atoms with Crippen LogP contribution in [0.4, 0.5) is 0 Å². The Balaban J connectivity index is 1.52. The molecule has 2 aliphatic rings. The molecule has 0 atom stereocenters. The van der Waals surface area contributed by atoms with Crippen molar-refractivity contribution >= 4 is 18.1 Å². The van der Waals surface area contributed by atoms with E-state index >= 15 is 0 Å². The molecule has 3 heterocycles. The molecule has 0 unspecified atom stereocenters. The normalized spacial score (nSPS) is 20.6. The number of amides is 1. The second-order valence-corrected chi connectivity index (χ2v) is 7.96. The number of nitrogens with one attached hydrogen (secondary N) is 1. The summed E-state index contributed by atoms with van der Waals surface area (Å²) in [5.74, 6) is 1.59. The third-order valence-corrected chi connectivity index (χ3v) is 6.51. The van der Waals surface area contributed by atoms with Crippen molar-refractivity contribution in [2.24, 2.45) is 7.05 Å². The Morgan fingerprint density at radius 1 is 1.22 bits per heavy atom. The highest BCUT2D eigenvalue weighted by Gasteiger charge is 2.44. The van der Waals surface area contributed by atoms with Gasteiger partial charge in [-0.1, -0.05) is 30.3 Å². The fourth-order valence-corrected chi connectivity index (χ4v) is 4.61.